The molecule has 0 aromatic rings. The van der Waals surface area contributed by atoms with Crippen molar-refractivity contribution in [2.75, 3.05) is 19.6 Å². The van der Waals surface area contributed by atoms with Crippen molar-refractivity contribution in [2.45, 2.75) is 57.4 Å². The molecule has 3 amide bonds. The average molecular weight is 295 g/mol. The maximum Gasteiger partial charge on any atom is 0.239 e. The van der Waals surface area contributed by atoms with Crippen LogP contribution < -0.4 is 10.6 Å². The largest absolute Gasteiger partial charge is 0.355 e. The van der Waals surface area contributed by atoms with Crippen molar-refractivity contribution in [2.24, 2.45) is 0 Å². The fraction of sp³-hybridized carbons (Fsp3) is 0.800. The van der Waals surface area contributed by atoms with Crippen LogP contribution in [0.3, 0.4) is 0 Å². The van der Waals surface area contributed by atoms with E-state index in [1.165, 1.54) is 6.42 Å². The zero-order valence-corrected chi connectivity index (χ0v) is 12.5. The Hall–Kier alpha value is -1.59. The third-order valence-electron chi connectivity index (χ3n) is 4.13. The smallest absolute Gasteiger partial charge is 0.239 e. The van der Waals surface area contributed by atoms with Crippen LogP contribution >= 0.6 is 0 Å². The molecular weight excluding hydrogens is 270 g/mol. The molecule has 1 heterocycles. The van der Waals surface area contributed by atoms with E-state index in [9.17, 15) is 14.4 Å². The standard InChI is InChI=1S/C15H25N3O3/c19-13(17-12-5-3-6-12)7-4-9-16-14(20)11-18-10-2-1-8-15(18)21/h12H,1-11H2,(H,16,20)(H,17,19). The summed E-state index contributed by atoms with van der Waals surface area (Å²) in [6.07, 6.45) is 6.91. The van der Waals surface area contributed by atoms with Gasteiger partial charge in [-0.15, -0.1) is 0 Å². The molecule has 1 saturated carbocycles. The number of nitrogens with zero attached hydrogens (tertiary/aromatic N) is 1. The van der Waals surface area contributed by atoms with Crippen LogP contribution in [0.5, 0.6) is 0 Å². The fourth-order valence-corrected chi connectivity index (χ4v) is 2.59. The topological polar surface area (TPSA) is 78.5 Å². The van der Waals surface area contributed by atoms with Gasteiger partial charge in [-0.3, -0.25) is 14.4 Å². The Balaban J connectivity index is 1.52. The van der Waals surface area contributed by atoms with Gasteiger partial charge < -0.3 is 15.5 Å². The first-order valence-corrected chi connectivity index (χ1v) is 7.99. The minimum Gasteiger partial charge on any atom is -0.355 e. The highest BCUT2D eigenvalue weighted by Gasteiger charge is 2.20. The Morgan fingerprint density at radius 1 is 1.14 bits per heavy atom. The Morgan fingerprint density at radius 2 is 1.95 bits per heavy atom. The first kappa shape index (κ1) is 15.8. The van der Waals surface area contributed by atoms with Crippen molar-refractivity contribution < 1.29 is 14.4 Å². The van der Waals surface area contributed by atoms with E-state index < -0.39 is 0 Å². The van der Waals surface area contributed by atoms with E-state index >= 15 is 0 Å². The van der Waals surface area contributed by atoms with Crippen molar-refractivity contribution >= 4 is 17.7 Å². The lowest BCUT2D eigenvalue weighted by Gasteiger charge is -2.26. The second kappa shape index (κ2) is 8.00. The van der Waals surface area contributed by atoms with Gasteiger partial charge in [-0.25, -0.2) is 0 Å². The normalized spacial score (nSPS) is 19.0. The van der Waals surface area contributed by atoms with E-state index in [0.29, 0.717) is 38.4 Å². The summed E-state index contributed by atoms with van der Waals surface area (Å²) in [5.41, 5.74) is 0. The molecule has 0 radical (unpaired) electrons. The number of carbonyl (C=O) groups is 3. The first-order chi connectivity index (χ1) is 10.1. The van der Waals surface area contributed by atoms with Crippen LogP contribution in [0.25, 0.3) is 0 Å². The maximum absolute atomic E-state index is 11.7. The highest BCUT2D eigenvalue weighted by molar-refractivity contribution is 5.85. The minimum atomic E-state index is -0.135. The molecule has 2 fully saturated rings. The van der Waals surface area contributed by atoms with Crippen molar-refractivity contribution in [1.29, 1.82) is 0 Å². The third kappa shape index (κ3) is 5.36. The summed E-state index contributed by atoms with van der Waals surface area (Å²) in [6.45, 7) is 1.31. The van der Waals surface area contributed by atoms with Gasteiger partial charge in [0.2, 0.25) is 17.7 Å². The van der Waals surface area contributed by atoms with Gasteiger partial charge in [-0.05, 0) is 38.5 Å². The van der Waals surface area contributed by atoms with Crippen LogP contribution in [0.2, 0.25) is 0 Å². The zero-order chi connectivity index (χ0) is 15.1. The first-order valence-electron chi connectivity index (χ1n) is 7.99. The van der Waals surface area contributed by atoms with E-state index in [1.807, 2.05) is 0 Å². The van der Waals surface area contributed by atoms with Gasteiger partial charge >= 0.3 is 0 Å². The molecule has 2 N–H and O–H groups in total. The molecule has 0 unspecified atom stereocenters. The molecule has 0 bridgehead atoms. The molecule has 2 aliphatic rings. The van der Waals surface area contributed by atoms with Gasteiger partial charge in [0.1, 0.15) is 0 Å². The van der Waals surface area contributed by atoms with Gasteiger partial charge in [0.05, 0.1) is 6.54 Å². The number of hydrogen-bond donors (Lipinski definition) is 2. The van der Waals surface area contributed by atoms with Crippen LogP contribution in [0, 0.1) is 0 Å². The molecule has 21 heavy (non-hydrogen) atoms. The Kier molecular flexibility index (Phi) is 6.02. The molecule has 2 rings (SSSR count). The lowest BCUT2D eigenvalue weighted by molar-refractivity contribution is -0.137. The summed E-state index contributed by atoms with van der Waals surface area (Å²) in [4.78, 5) is 36.5. The van der Waals surface area contributed by atoms with Crippen molar-refractivity contribution in [3.63, 3.8) is 0 Å². The molecule has 0 spiro atoms. The number of piperidine rings is 1. The zero-order valence-electron chi connectivity index (χ0n) is 12.5. The molecule has 1 aliphatic carbocycles. The molecule has 118 valence electrons. The van der Waals surface area contributed by atoms with E-state index in [2.05, 4.69) is 10.6 Å². The second-order valence-electron chi connectivity index (χ2n) is 5.92. The maximum atomic E-state index is 11.7. The highest BCUT2D eigenvalue weighted by Crippen LogP contribution is 2.18. The van der Waals surface area contributed by atoms with Gasteiger partial charge in [0, 0.05) is 32.0 Å². The van der Waals surface area contributed by atoms with Crippen molar-refractivity contribution in [1.82, 2.24) is 15.5 Å². The molecule has 0 atom stereocenters. The van der Waals surface area contributed by atoms with Gasteiger partial charge in [-0.2, -0.15) is 0 Å². The van der Waals surface area contributed by atoms with E-state index in [-0.39, 0.29) is 24.3 Å². The summed E-state index contributed by atoms with van der Waals surface area (Å²) >= 11 is 0. The summed E-state index contributed by atoms with van der Waals surface area (Å²) in [6, 6.07) is 0.372. The van der Waals surface area contributed by atoms with Crippen LogP contribution in [0.1, 0.15) is 51.4 Å². The summed E-state index contributed by atoms with van der Waals surface area (Å²) < 4.78 is 0. The molecule has 1 aliphatic heterocycles. The number of hydrogen-bond acceptors (Lipinski definition) is 3. The lowest BCUT2D eigenvalue weighted by Crippen LogP contribution is -2.43. The van der Waals surface area contributed by atoms with Gasteiger partial charge in [-0.1, -0.05) is 0 Å². The molecule has 0 aromatic carbocycles. The molecule has 1 saturated heterocycles. The van der Waals surface area contributed by atoms with Crippen LogP contribution in [-0.2, 0) is 14.4 Å². The summed E-state index contributed by atoms with van der Waals surface area (Å²) in [5, 5.41) is 5.75. The number of nitrogens with one attached hydrogen (secondary N) is 2. The summed E-state index contributed by atoms with van der Waals surface area (Å²) in [7, 11) is 0. The van der Waals surface area contributed by atoms with Crippen LogP contribution in [-0.4, -0.2) is 48.3 Å². The monoisotopic (exact) mass is 295 g/mol. The van der Waals surface area contributed by atoms with E-state index in [0.717, 1.165) is 25.7 Å². The van der Waals surface area contributed by atoms with Gasteiger partial charge in [0.25, 0.3) is 0 Å². The SMILES string of the molecule is O=C(CN1CCCCC1=O)NCCCC(=O)NC1CCC1. The molecule has 6 heteroatoms. The van der Waals surface area contributed by atoms with E-state index in [4.69, 9.17) is 0 Å². The molecule has 6 nitrogen and oxygen atoms in total. The van der Waals surface area contributed by atoms with Crippen molar-refractivity contribution in [3.05, 3.63) is 0 Å². The molecule has 0 aromatic heterocycles. The number of likely N-dealkylation sites (tertiary alicyclic amines) is 1. The minimum absolute atomic E-state index is 0.0660. The van der Waals surface area contributed by atoms with Gasteiger partial charge in [0.15, 0.2) is 0 Å². The van der Waals surface area contributed by atoms with Crippen molar-refractivity contribution in [3.8, 4) is 0 Å². The quantitative estimate of drug-likeness (QED) is 0.674. The van der Waals surface area contributed by atoms with Crippen LogP contribution in [0.15, 0.2) is 0 Å². The average Bonchev–Trinajstić information content (AvgIpc) is 2.42. The lowest BCUT2D eigenvalue weighted by atomic mass is 9.93. The van der Waals surface area contributed by atoms with E-state index in [1.54, 1.807) is 4.90 Å². The second-order valence-corrected chi connectivity index (χ2v) is 5.92. The predicted octanol–water partition coefficient (Wildman–Crippen LogP) is 0.564. The summed E-state index contributed by atoms with van der Waals surface area (Å²) in [5.74, 6) is 0.00100. The third-order valence-corrected chi connectivity index (χ3v) is 4.13. The van der Waals surface area contributed by atoms with Crippen LogP contribution in [0.4, 0.5) is 0 Å². The fourth-order valence-electron chi connectivity index (χ4n) is 2.59. The number of amides is 3. The Labute approximate surface area is 125 Å². The molecular formula is C15H25N3O3. The predicted molar refractivity (Wildman–Crippen MR) is 78.5 cm³/mol. The highest BCUT2D eigenvalue weighted by atomic mass is 16.2. The Bertz CT molecular complexity index is 394. The number of carbonyl (C=O) groups excluding carboxylic acids is 3. The Morgan fingerprint density at radius 3 is 2.62 bits per heavy atom. The number of rotatable bonds is 7.